The second-order valence-electron chi connectivity index (χ2n) is 10.00. The molecule has 2 heterocycles. The van der Waals surface area contributed by atoms with E-state index in [1.54, 1.807) is 4.90 Å². The molecule has 38 heavy (non-hydrogen) atoms. The number of hydrogen-bond acceptors (Lipinski definition) is 2. The summed E-state index contributed by atoms with van der Waals surface area (Å²) < 4.78 is 2.17. The lowest BCUT2D eigenvalue weighted by molar-refractivity contribution is -0.119. The van der Waals surface area contributed by atoms with Crippen LogP contribution in [0.3, 0.4) is 0 Å². The van der Waals surface area contributed by atoms with Crippen molar-refractivity contribution in [2.75, 3.05) is 18.0 Å². The molecule has 0 fully saturated rings. The summed E-state index contributed by atoms with van der Waals surface area (Å²) in [6.45, 7) is 6.82. The molecule has 1 aliphatic rings. The van der Waals surface area contributed by atoms with E-state index < -0.39 is 0 Å². The summed E-state index contributed by atoms with van der Waals surface area (Å²) in [5.41, 5.74) is 6.86. The molecule has 0 radical (unpaired) electrons. The number of hydrogen-bond donors (Lipinski definition) is 0. The molecule has 0 saturated heterocycles. The maximum absolute atomic E-state index is 14.3. The predicted molar refractivity (Wildman–Crippen MR) is 153 cm³/mol. The second kappa shape index (κ2) is 11.1. The van der Waals surface area contributed by atoms with Crippen LogP contribution in [0, 0.1) is 6.92 Å². The molecule has 194 valence electrons. The Hall–Kier alpha value is -4.12. The molecule has 2 amide bonds. The molecule has 0 bridgehead atoms. The Labute approximate surface area is 225 Å². The van der Waals surface area contributed by atoms with Crippen molar-refractivity contribution < 1.29 is 9.59 Å². The van der Waals surface area contributed by atoms with Crippen LogP contribution in [0.1, 0.15) is 65.5 Å². The largest absolute Gasteiger partial charge is 0.329 e. The van der Waals surface area contributed by atoms with E-state index in [0.717, 1.165) is 41.9 Å². The van der Waals surface area contributed by atoms with Crippen LogP contribution in [0.15, 0.2) is 91.1 Å². The topological polar surface area (TPSA) is 45.6 Å². The Morgan fingerprint density at radius 3 is 2.24 bits per heavy atom. The molecule has 5 rings (SSSR count). The quantitative estimate of drug-likeness (QED) is 0.267. The van der Waals surface area contributed by atoms with Crippen molar-refractivity contribution in [3.05, 3.63) is 119 Å². The zero-order valence-corrected chi connectivity index (χ0v) is 22.4. The minimum atomic E-state index is -0.292. The fourth-order valence-electron chi connectivity index (χ4n) is 5.23. The van der Waals surface area contributed by atoms with E-state index in [1.807, 2.05) is 65.7 Å². The third kappa shape index (κ3) is 4.89. The van der Waals surface area contributed by atoms with E-state index in [4.69, 9.17) is 0 Å². The van der Waals surface area contributed by atoms with Gasteiger partial charge in [0.25, 0.3) is 5.91 Å². The third-order valence-electron chi connectivity index (χ3n) is 7.39. The lowest BCUT2D eigenvalue weighted by atomic mass is 9.97. The van der Waals surface area contributed by atoms with Crippen LogP contribution in [-0.4, -0.2) is 34.4 Å². The zero-order valence-electron chi connectivity index (χ0n) is 22.4. The average molecular weight is 506 g/mol. The molecule has 0 spiro atoms. The predicted octanol–water partition coefficient (Wildman–Crippen LogP) is 6.73. The van der Waals surface area contributed by atoms with Crippen molar-refractivity contribution in [2.45, 2.75) is 46.1 Å². The van der Waals surface area contributed by atoms with Crippen LogP contribution in [0.25, 0.3) is 5.69 Å². The second-order valence-corrected chi connectivity index (χ2v) is 10.00. The van der Waals surface area contributed by atoms with E-state index in [2.05, 4.69) is 55.7 Å². The summed E-state index contributed by atoms with van der Waals surface area (Å²) in [7, 11) is 0. The van der Waals surface area contributed by atoms with Crippen LogP contribution in [0.2, 0.25) is 0 Å². The Bertz CT molecular complexity index is 1420. The number of nitrogens with zero attached hydrogens (tertiary/aromatic N) is 3. The molecule has 1 atom stereocenters. The van der Waals surface area contributed by atoms with Gasteiger partial charge in [-0.3, -0.25) is 14.5 Å². The van der Waals surface area contributed by atoms with Gasteiger partial charge in [-0.25, -0.2) is 0 Å². The number of rotatable bonds is 8. The molecular weight excluding hydrogens is 470 g/mol. The van der Waals surface area contributed by atoms with Gasteiger partial charge < -0.3 is 9.47 Å². The highest BCUT2D eigenvalue weighted by atomic mass is 16.2. The first-order valence-electron chi connectivity index (χ1n) is 13.5. The Balaban J connectivity index is 1.53. The van der Waals surface area contributed by atoms with E-state index in [0.29, 0.717) is 12.1 Å². The summed E-state index contributed by atoms with van der Waals surface area (Å²) in [4.78, 5) is 31.5. The van der Waals surface area contributed by atoms with Gasteiger partial charge in [0, 0.05) is 18.3 Å². The van der Waals surface area contributed by atoms with Crippen molar-refractivity contribution in [3.8, 4) is 5.69 Å². The van der Waals surface area contributed by atoms with Gasteiger partial charge in [-0.2, -0.15) is 0 Å². The number of fused-ring (bicyclic) bond motifs is 3. The van der Waals surface area contributed by atoms with E-state index in [1.165, 1.54) is 11.1 Å². The summed E-state index contributed by atoms with van der Waals surface area (Å²) in [6.07, 6.45) is 4.75. The van der Waals surface area contributed by atoms with Gasteiger partial charge in [-0.1, -0.05) is 74.4 Å². The summed E-state index contributed by atoms with van der Waals surface area (Å²) in [5, 5.41) is 0. The van der Waals surface area contributed by atoms with Crippen LogP contribution >= 0.6 is 0 Å². The molecule has 0 aliphatic carbocycles. The van der Waals surface area contributed by atoms with Gasteiger partial charge in [0.15, 0.2) is 0 Å². The average Bonchev–Trinajstić information content (AvgIpc) is 3.45. The smallest absolute Gasteiger partial charge is 0.254 e. The number of aryl methyl sites for hydroxylation is 2. The molecule has 3 aromatic carbocycles. The molecule has 1 unspecified atom stereocenters. The monoisotopic (exact) mass is 505 g/mol. The SMILES string of the molecule is CCCCN(CC(=O)N1c2ccccc2-n2cccc2C1c1ccc(C)cc1)C(=O)c1ccc(CC)cc1. The van der Waals surface area contributed by atoms with Crippen molar-refractivity contribution >= 4 is 17.5 Å². The van der Waals surface area contributed by atoms with Crippen molar-refractivity contribution in [2.24, 2.45) is 0 Å². The molecule has 0 N–H and O–H groups in total. The third-order valence-corrected chi connectivity index (χ3v) is 7.39. The fraction of sp³-hybridized carbons (Fsp3) is 0.273. The van der Waals surface area contributed by atoms with Crippen LogP contribution < -0.4 is 4.90 Å². The van der Waals surface area contributed by atoms with E-state index in [9.17, 15) is 9.59 Å². The molecule has 5 nitrogen and oxygen atoms in total. The van der Waals surface area contributed by atoms with Gasteiger partial charge in [0.2, 0.25) is 5.91 Å². The molecule has 4 aromatic rings. The normalized spacial score (nSPS) is 14.1. The van der Waals surface area contributed by atoms with Crippen LogP contribution in [-0.2, 0) is 11.2 Å². The first-order valence-corrected chi connectivity index (χ1v) is 13.5. The molecule has 5 heteroatoms. The van der Waals surface area contributed by atoms with Gasteiger partial charge >= 0.3 is 0 Å². The number of para-hydroxylation sites is 2. The maximum Gasteiger partial charge on any atom is 0.254 e. The van der Waals surface area contributed by atoms with Gasteiger partial charge in [-0.15, -0.1) is 0 Å². The van der Waals surface area contributed by atoms with Crippen molar-refractivity contribution in [3.63, 3.8) is 0 Å². The first kappa shape index (κ1) is 25.5. The van der Waals surface area contributed by atoms with E-state index >= 15 is 0 Å². The number of carbonyl (C=O) groups excluding carboxylic acids is 2. The number of aromatic nitrogens is 1. The summed E-state index contributed by atoms with van der Waals surface area (Å²) in [5.74, 6) is -0.194. The molecule has 0 saturated carbocycles. The first-order chi connectivity index (χ1) is 18.5. The van der Waals surface area contributed by atoms with Crippen LogP contribution in [0.5, 0.6) is 0 Å². The highest BCUT2D eigenvalue weighted by Crippen LogP contribution is 2.42. The van der Waals surface area contributed by atoms with Gasteiger partial charge in [0.1, 0.15) is 12.6 Å². The Morgan fingerprint density at radius 1 is 0.842 bits per heavy atom. The van der Waals surface area contributed by atoms with Gasteiger partial charge in [0.05, 0.1) is 17.1 Å². The minimum Gasteiger partial charge on any atom is -0.329 e. The standard InChI is InChI=1S/C33H35N3O2/c1-4-6-21-34(33(38)27-19-15-25(5-2)16-20-27)23-31(37)36-29-11-8-7-10-28(29)35-22-9-12-30(35)32(36)26-17-13-24(3)14-18-26/h7-20,22,32H,4-6,21,23H2,1-3H3. The maximum atomic E-state index is 14.3. The minimum absolute atomic E-state index is 0.0196. The number of carbonyl (C=O) groups is 2. The van der Waals surface area contributed by atoms with Crippen molar-refractivity contribution in [1.29, 1.82) is 0 Å². The number of anilines is 1. The highest BCUT2D eigenvalue weighted by Gasteiger charge is 2.37. The molecule has 1 aliphatic heterocycles. The lowest BCUT2D eigenvalue weighted by Gasteiger charge is -2.39. The highest BCUT2D eigenvalue weighted by molar-refractivity contribution is 6.02. The summed E-state index contributed by atoms with van der Waals surface area (Å²) >= 11 is 0. The lowest BCUT2D eigenvalue weighted by Crippen LogP contribution is -2.47. The molecule has 1 aromatic heterocycles. The van der Waals surface area contributed by atoms with Crippen molar-refractivity contribution in [1.82, 2.24) is 9.47 Å². The Kier molecular flexibility index (Phi) is 7.45. The number of amides is 2. The Morgan fingerprint density at radius 2 is 1.55 bits per heavy atom. The van der Waals surface area contributed by atoms with Gasteiger partial charge in [-0.05, 0) is 67.3 Å². The van der Waals surface area contributed by atoms with Crippen LogP contribution in [0.4, 0.5) is 5.69 Å². The van der Waals surface area contributed by atoms with E-state index in [-0.39, 0.29) is 24.4 Å². The zero-order chi connectivity index (χ0) is 26.6. The fourth-order valence-corrected chi connectivity index (χ4v) is 5.23. The number of benzene rings is 3. The number of unbranched alkanes of at least 4 members (excludes halogenated alkanes) is 1. The summed E-state index contributed by atoms with van der Waals surface area (Å²) in [6, 6.07) is 27.9. The molecular formula is C33H35N3O2.